The Hall–Kier alpha value is -0.905. The van der Waals surface area contributed by atoms with Crippen molar-refractivity contribution >= 4 is 12.6 Å². The summed E-state index contributed by atoms with van der Waals surface area (Å²) in [7, 11) is -1.81. The Balaban J connectivity index is 3.03. The largest absolute Gasteiger partial charge is 0.491 e. The number of aliphatic hydroxyl groups excluding tert-OH is 1. The predicted molar refractivity (Wildman–Crippen MR) is 42.1 cm³/mol. The Kier molecular flexibility index (Phi) is 2.81. The maximum Gasteiger partial charge on any atom is 0.491 e. The third kappa shape index (κ3) is 1.82. The quantitative estimate of drug-likeness (QED) is 0.498. The lowest BCUT2D eigenvalue weighted by Gasteiger charge is -2.02. The molecule has 0 heterocycles. The van der Waals surface area contributed by atoms with Gasteiger partial charge in [-0.25, -0.2) is 4.39 Å². The molecule has 0 unspecified atom stereocenters. The van der Waals surface area contributed by atoms with Crippen LogP contribution in [0.2, 0.25) is 0 Å². The third-order valence-corrected chi connectivity index (χ3v) is 1.53. The van der Waals surface area contributed by atoms with Gasteiger partial charge < -0.3 is 15.2 Å². The van der Waals surface area contributed by atoms with Crippen molar-refractivity contribution in [1.29, 1.82) is 0 Å². The van der Waals surface area contributed by atoms with Crippen LogP contribution in [0.25, 0.3) is 0 Å². The zero-order valence-corrected chi connectivity index (χ0v) is 6.24. The van der Waals surface area contributed by atoms with Crippen LogP contribution in [0, 0.1) is 5.82 Å². The second kappa shape index (κ2) is 3.66. The first-order valence-corrected chi connectivity index (χ1v) is 3.40. The van der Waals surface area contributed by atoms with Crippen LogP contribution in [-0.4, -0.2) is 22.3 Å². The van der Waals surface area contributed by atoms with Crippen molar-refractivity contribution in [1.82, 2.24) is 0 Å². The van der Waals surface area contributed by atoms with Gasteiger partial charge >= 0.3 is 7.12 Å². The van der Waals surface area contributed by atoms with Crippen molar-refractivity contribution in [2.75, 3.05) is 0 Å². The van der Waals surface area contributed by atoms with Gasteiger partial charge in [0.2, 0.25) is 0 Å². The maximum atomic E-state index is 12.9. The van der Waals surface area contributed by atoms with Crippen LogP contribution in [0.3, 0.4) is 0 Å². The number of rotatable bonds is 2. The Morgan fingerprint density at radius 1 is 1.33 bits per heavy atom. The molecule has 0 spiro atoms. The normalized spacial score (nSPS) is 10.0. The highest BCUT2D eigenvalue weighted by atomic mass is 19.1. The van der Waals surface area contributed by atoms with Gasteiger partial charge in [0.25, 0.3) is 0 Å². The highest BCUT2D eigenvalue weighted by Crippen LogP contribution is 2.01. The van der Waals surface area contributed by atoms with Crippen molar-refractivity contribution < 1.29 is 19.5 Å². The number of halogens is 1. The molecule has 1 aromatic rings. The van der Waals surface area contributed by atoms with E-state index in [0.29, 0.717) is 5.56 Å². The summed E-state index contributed by atoms with van der Waals surface area (Å²) in [5.41, 5.74) is 0.212. The molecule has 0 aliphatic carbocycles. The van der Waals surface area contributed by atoms with Gasteiger partial charge in [0.15, 0.2) is 0 Å². The van der Waals surface area contributed by atoms with E-state index in [4.69, 9.17) is 15.2 Å². The van der Waals surface area contributed by atoms with E-state index < -0.39 is 12.9 Å². The minimum Gasteiger partial charge on any atom is -0.423 e. The molecular formula is C7H8BFO3. The minimum atomic E-state index is -1.81. The molecule has 12 heavy (non-hydrogen) atoms. The molecule has 1 aromatic carbocycles. The van der Waals surface area contributed by atoms with Crippen LogP contribution < -0.4 is 5.46 Å². The molecule has 0 aliphatic rings. The zero-order valence-electron chi connectivity index (χ0n) is 6.24. The number of aliphatic hydroxyl groups is 1. The van der Waals surface area contributed by atoms with Gasteiger partial charge in [-0.3, -0.25) is 0 Å². The smallest absolute Gasteiger partial charge is 0.423 e. The number of hydrogen-bond acceptors (Lipinski definition) is 3. The molecule has 5 heteroatoms. The van der Waals surface area contributed by atoms with Gasteiger partial charge in [-0.1, -0.05) is 12.1 Å². The molecule has 64 valence electrons. The molecule has 0 saturated carbocycles. The molecular weight excluding hydrogens is 162 g/mol. The molecule has 0 aliphatic heterocycles. The average molecular weight is 170 g/mol. The van der Waals surface area contributed by atoms with Crippen LogP contribution >= 0.6 is 0 Å². The standard InChI is InChI=1S/C7H8BFO3/c9-7-3-5(4-10)1-2-6(7)8(11)12/h1-3,10-12H,4H2. The van der Waals surface area contributed by atoms with E-state index in [1.807, 2.05) is 0 Å². The summed E-state index contributed by atoms with van der Waals surface area (Å²) in [6, 6.07) is 3.72. The Morgan fingerprint density at radius 2 is 2.00 bits per heavy atom. The minimum absolute atomic E-state index is 0.188. The van der Waals surface area contributed by atoms with Crippen LogP contribution in [0.1, 0.15) is 5.56 Å². The lowest BCUT2D eigenvalue weighted by Crippen LogP contribution is -2.32. The predicted octanol–water partition coefficient (Wildman–Crippen LogP) is -1.00. The van der Waals surface area contributed by atoms with Gasteiger partial charge in [0, 0.05) is 5.46 Å². The SMILES string of the molecule is OCc1ccc(B(O)O)c(F)c1. The summed E-state index contributed by atoms with van der Waals surface area (Å²) in [6.45, 7) is -0.265. The number of benzene rings is 1. The van der Waals surface area contributed by atoms with E-state index in [-0.39, 0.29) is 12.1 Å². The molecule has 0 amide bonds. The zero-order chi connectivity index (χ0) is 9.14. The summed E-state index contributed by atoms with van der Waals surface area (Å²) in [4.78, 5) is 0. The fourth-order valence-electron chi connectivity index (χ4n) is 0.878. The van der Waals surface area contributed by atoms with E-state index in [0.717, 1.165) is 6.07 Å². The van der Waals surface area contributed by atoms with Gasteiger partial charge in [-0.15, -0.1) is 0 Å². The Bertz CT molecular complexity index is 277. The van der Waals surface area contributed by atoms with Gasteiger partial charge in [0.1, 0.15) is 5.82 Å². The molecule has 3 N–H and O–H groups in total. The van der Waals surface area contributed by atoms with Crippen LogP contribution in [0.4, 0.5) is 4.39 Å². The molecule has 3 nitrogen and oxygen atoms in total. The van der Waals surface area contributed by atoms with E-state index in [9.17, 15) is 4.39 Å². The van der Waals surface area contributed by atoms with E-state index in [2.05, 4.69) is 0 Å². The molecule has 0 radical (unpaired) electrons. The first-order valence-electron chi connectivity index (χ1n) is 3.40. The van der Waals surface area contributed by atoms with Crippen molar-refractivity contribution in [3.8, 4) is 0 Å². The highest BCUT2D eigenvalue weighted by Gasteiger charge is 2.15. The molecule has 0 atom stereocenters. The molecule has 0 bridgehead atoms. The number of hydrogen-bond donors (Lipinski definition) is 3. The van der Waals surface area contributed by atoms with Crippen LogP contribution in [0.5, 0.6) is 0 Å². The fraction of sp³-hybridized carbons (Fsp3) is 0.143. The summed E-state index contributed by atoms with van der Waals surface area (Å²) in [5.74, 6) is -0.725. The molecule has 0 fully saturated rings. The topological polar surface area (TPSA) is 60.7 Å². The summed E-state index contributed by atoms with van der Waals surface area (Å²) in [5, 5.41) is 25.8. The second-order valence-electron chi connectivity index (χ2n) is 2.39. The highest BCUT2D eigenvalue weighted by molar-refractivity contribution is 6.58. The third-order valence-electron chi connectivity index (χ3n) is 1.53. The summed E-state index contributed by atoms with van der Waals surface area (Å²) >= 11 is 0. The van der Waals surface area contributed by atoms with Gasteiger partial charge in [-0.2, -0.15) is 0 Å². The average Bonchev–Trinajstić information content (AvgIpc) is 2.03. The first-order chi connectivity index (χ1) is 5.65. The Labute approximate surface area is 69.2 Å². The van der Waals surface area contributed by atoms with Crippen molar-refractivity contribution in [3.63, 3.8) is 0 Å². The van der Waals surface area contributed by atoms with Crippen molar-refractivity contribution in [3.05, 3.63) is 29.6 Å². The summed E-state index contributed by atoms with van der Waals surface area (Å²) in [6.07, 6.45) is 0. The molecule has 0 saturated heterocycles. The van der Waals surface area contributed by atoms with E-state index in [1.54, 1.807) is 0 Å². The lowest BCUT2D eigenvalue weighted by atomic mass is 9.79. The van der Waals surface area contributed by atoms with Gasteiger partial charge in [-0.05, 0) is 11.6 Å². The van der Waals surface area contributed by atoms with E-state index in [1.165, 1.54) is 12.1 Å². The van der Waals surface area contributed by atoms with Gasteiger partial charge in [0.05, 0.1) is 6.61 Å². The second-order valence-corrected chi connectivity index (χ2v) is 2.39. The van der Waals surface area contributed by atoms with Crippen molar-refractivity contribution in [2.45, 2.75) is 6.61 Å². The fourth-order valence-corrected chi connectivity index (χ4v) is 0.878. The first kappa shape index (κ1) is 9.19. The maximum absolute atomic E-state index is 12.9. The van der Waals surface area contributed by atoms with Crippen LogP contribution in [0.15, 0.2) is 18.2 Å². The summed E-state index contributed by atoms with van der Waals surface area (Å²) < 4.78 is 12.9. The monoisotopic (exact) mass is 170 g/mol. The Morgan fingerprint density at radius 3 is 2.42 bits per heavy atom. The lowest BCUT2D eigenvalue weighted by molar-refractivity contribution is 0.281. The molecule has 0 aromatic heterocycles. The van der Waals surface area contributed by atoms with E-state index >= 15 is 0 Å². The molecule has 1 rings (SSSR count). The van der Waals surface area contributed by atoms with Crippen molar-refractivity contribution in [2.24, 2.45) is 0 Å². The van der Waals surface area contributed by atoms with Crippen LogP contribution in [-0.2, 0) is 6.61 Å².